The number of rotatable bonds is 1. The number of hydrogen-bond acceptors (Lipinski definition) is 4. The quantitative estimate of drug-likeness (QED) is 0.810. The van der Waals surface area contributed by atoms with E-state index in [2.05, 4.69) is 4.98 Å². The summed E-state index contributed by atoms with van der Waals surface area (Å²) in [5, 5.41) is 0. The molecule has 0 spiro atoms. The number of amides is 1. The second kappa shape index (κ2) is 5.80. The molecule has 136 valence electrons. The van der Waals surface area contributed by atoms with Crippen molar-refractivity contribution >= 4 is 11.7 Å². The molecule has 0 saturated carbocycles. The first-order chi connectivity index (χ1) is 11.5. The molecule has 1 aliphatic carbocycles. The number of aromatic nitrogens is 1. The molecular formula is C19H27N3O3. The van der Waals surface area contributed by atoms with Crippen LogP contribution in [0.3, 0.4) is 0 Å². The Morgan fingerprint density at radius 3 is 2.56 bits per heavy atom. The highest BCUT2D eigenvalue weighted by atomic mass is 16.2. The van der Waals surface area contributed by atoms with Crippen molar-refractivity contribution in [3.05, 3.63) is 33.2 Å². The molecule has 3 rings (SSSR count). The molecule has 1 fully saturated rings. The zero-order valence-electron chi connectivity index (χ0n) is 15.4. The fraction of sp³-hybridized carbons (Fsp3) is 0.632. The summed E-state index contributed by atoms with van der Waals surface area (Å²) < 4.78 is 0. The van der Waals surface area contributed by atoms with Gasteiger partial charge in [0.15, 0.2) is 5.78 Å². The van der Waals surface area contributed by atoms with Gasteiger partial charge in [-0.05, 0) is 29.7 Å². The van der Waals surface area contributed by atoms with E-state index in [0.717, 1.165) is 0 Å². The predicted molar refractivity (Wildman–Crippen MR) is 95.8 cm³/mol. The summed E-state index contributed by atoms with van der Waals surface area (Å²) >= 11 is 0. The summed E-state index contributed by atoms with van der Waals surface area (Å²) in [6.45, 7) is 9.10. The molecule has 1 amide bonds. The molecule has 1 unspecified atom stereocenters. The van der Waals surface area contributed by atoms with E-state index >= 15 is 0 Å². The van der Waals surface area contributed by atoms with Gasteiger partial charge in [-0.3, -0.25) is 14.4 Å². The highest BCUT2D eigenvalue weighted by Crippen LogP contribution is 2.34. The van der Waals surface area contributed by atoms with Gasteiger partial charge in [0.05, 0.1) is 0 Å². The molecule has 1 aromatic heterocycles. The van der Waals surface area contributed by atoms with Crippen LogP contribution in [0.2, 0.25) is 0 Å². The molecule has 0 bridgehead atoms. The van der Waals surface area contributed by atoms with Gasteiger partial charge in [0.1, 0.15) is 5.56 Å². The Hall–Kier alpha value is -1.95. The summed E-state index contributed by atoms with van der Waals surface area (Å²) in [5.41, 5.74) is 6.52. The van der Waals surface area contributed by atoms with Crippen molar-refractivity contribution in [3.63, 3.8) is 0 Å². The summed E-state index contributed by atoms with van der Waals surface area (Å²) in [6, 6.07) is 1.53. The SMILES string of the molecule is CC1(C)CC(=O)c2cc(C(=O)N3CCC(N)C(C)(C)C3)c(=O)[nH]c2C1. The Labute approximate surface area is 147 Å². The molecule has 1 atom stereocenters. The number of pyridine rings is 1. The number of ketones is 1. The first-order valence-electron chi connectivity index (χ1n) is 8.84. The van der Waals surface area contributed by atoms with Gasteiger partial charge in [-0.1, -0.05) is 27.7 Å². The topological polar surface area (TPSA) is 96.3 Å². The predicted octanol–water partition coefficient (Wildman–Crippen LogP) is 1.73. The van der Waals surface area contributed by atoms with E-state index in [0.29, 0.717) is 43.6 Å². The Morgan fingerprint density at radius 1 is 1.24 bits per heavy atom. The highest BCUT2D eigenvalue weighted by Gasteiger charge is 2.37. The molecule has 1 aliphatic heterocycles. The Bertz CT molecular complexity index is 792. The number of aromatic amines is 1. The number of nitrogens with zero attached hydrogens (tertiary/aromatic N) is 1. The molecule has 6 heteroatoms. The number of carbonyl (C=O) groups excluding carboxylic acids is 2. The van der Waals surface area contributed by atoms with Crippen LogP contribution in [-0.4, -0.2) is 40.7 Å². The number of carbonyl (C=O) groups is 2. The van der Waals surface area contributed by atoms with Gasteiger partial charge < -0.3 is 15.6 Å². The van der Waals surface area contributed by atoms with Crippen LogP contribution in [0.5, 0.6) is 0 Å². The first kappa shape index (κ1) is 17.9. The standard InChI is InChI=1S/C19H27N3O3/c1-18(2)8-13-11(14(23)9-18)7-12(16(24)21-13)17(25)22-6-5-15(20)19(3,4)10-22/h7,15H,5-6,8-10,20H2,1-4H3,(H,21,24). The lowest BCUT2D eigenvalue weighted by atomic mass is 9.75. The van der Waals surface area contributed by atoms with Crippen molar-refractivity contribution in [2.45, 2.75) is 53.0 Å². The van der Waals surface area contributed by atoms with Crippen molar-refractivity contribution in [2.75, 3.05) is 13.1 Å². The van der Waals surface area contributed by atoms with Gasteiger partial charge >= 0.3 is 0 Å². The molecule has 6 nitrogen and oxygen atoms in total. The average Bonchev–Trinajstić information content (AvgIpc) is 2.47. The minimum atomic E-state index is -0.415. The van der Waals surface area contributed by atoms with Crippen LogP contribution in [0.25, 0.3) is 0 Å². The number of Topliss-reactive ketones (excluding diaryl/α,β-unsaturated/α-hetero) is 1. The second-order valence-electron chi connectivity index (χ2n) is 8.96. The van der Waals surface area contributed by atoms with Crippen molar-refractivity contribution in [1.82, 2.24) is 9.88 Å². The largest absolute Gasteiger partial charge is 0.338 e. The smallest absolute Gasteiger partial charge is 0.261 e. The van der Waals surface area contributed by atoms with Gasteiger partial charge in [-0.15, -0.1) is 0 Å². The Kier molecular flexibility index (Phi) is 4.14. The van der Waals surface area contributed by atoms with E-state index in [4.69, 9.17) is 5.73 Å². The van der Waals surface area contributed by atoms with Crippen LogP contribution in [0.1, 0.15) is 66.9 Å². The maximum atomic E-state index is 12.9. The molecule has 1 saturated heterocycles. The van der Waals surface area contributed by atoms with E-state index in [1.54, 1.807) is 4.90 Å². The third-order valence-corrected chi connectivity index (χ3v) is 5.55. The van der Waals surface area contributed by atoms with Crippen LogP contribution in [0.15, 0.2) is 10.9 Å². The average molecular weight is 345 g/mol. The lowest BCUT2D eigenvalue weighted by molar-refractivity contribution is 0.0531. The van der Waals surface area contributed by atoms with E-state index in [-0.39, 0.29) is 34.1 Å². The van der Waals surface area contributed by atoms with E-state index < -0.39 is 5.56 Å². The minimum Gasteiger partial charge on any atom is -0.338 e. The lowest BCUT2D eigenvalue weighted by Gasteiger charge is -2.42. The van der Waals surface area contributed by atoms with Gasteiger partial charge in [-0.25, -0.2) is 0 Å². The summed E-state index contributed by atoms with van der Waals surface area (Å²) in [6.07, 6.45) is 1.75. The maximum absolute atomic E-state index is 12.9. The van der Waals surface area contributed by atoms with Crippen molar-refractivity contribution in [3.8, 4) is 0 Å². The van der Waals surface area contributed by atoms with Crippen LogP contribution < -0.4 is 11.3 Å². The van der Waals surface area contributed by atoms with E-state index in [9.17, 15) is 14.4 Å². The normalized spacial score (nSPS) is 24.8. The van der Waals surface area contributed by atoms with Crippen LogP contribution in [-0.2, 0) is 6.42 Å². The molecule has 2 aliphatic rings. The molecule has 0 radical (unpaired) electrons. The van der Waals surface area contributed by atoms with Gasteiger partial charge in [-0.2, -0.15) is 0 Å². The number of fused-ring (bicyclic) bond motifs is 1. The first-order valence-corrected chi connectivity index (χ1v) is 8.84. The number of likely N-dealkylation sites (tertiary alicyclic amines) is 1. The number of H-pyrrole nitrogens is 1. The number of nitrogens with two attached hydrogens (primary N) is 1. The fourth-order valence-corrected chi connectivity index (χ4v) is 3.90. The highest BCUT2D eigenvalue weighted by molar-refractivity contribution is 6.02. The van der Waals surface area contributed by atoms with E-state index in [1.807, 2.05) is 27.7 Å². The van der Waals surface area contributed by atoms with Crippen LogP contribution >= 0.6 is 0 Å². The molecular weight excluding hydrogens is 318 g/mol. The summed E-state index contributed by atoms with van der Waals surface area (Å²) in [5.74, 6) is -0.334. The number of piperidine rings is 1. The van der Waals surface area contributed by atoms with Gasteiger partial charge in [0.2, 0.25) is 0 Å². The Balaban J connectivity index is 1.94. The number of hydrogen-bond donors (Lipinski definition) is 2. The van der Waals surface area contributed by atoms with E-state index in [1.165, 1.54) is 6.07 Å². The molecule has 2 heterocycles. The fourth-order valence-electron chi connectivity index (χ4n) is 3.90. The monoisotopic (exact) mass is 345 g/mol. The third kappa shape index (κ3) is 3.27. The van der Waals surface area contributed by atoms with Gasteiger partial charge in [0.25, 0.3) is 11.5 Å². The molecule has 0 aromatic carbocycles. The van der Waals surface area contributed by atoms with Crippen LogP contribution in [0, 0.1) is 10.8 Å². The summed E-state index contributed by atoms with van der Waals surface area (Å²) in [4.78, 5) is 42.3. The molecule has 25 heavy (non-hydrogen) atoms. The zero-order chi connectivity index (χ0) is 18.6. The minimum absolute atomic E-state index is 0.0162. The van der Waals surface area contributed by atoms with Crippen molar-refractivity contribution in [1.29, 1.82) is 0 Å². The summed E-state index contributed by atoms with van der Waals surface area (Å²) in [7, 11) is 0. The maximum Gasteiger partial charge on any atom is 0.261 e. The van der Waals surface area contributed by atoms with Crippen LogP contribution in [0.4, 0.5) is 0 Å². The second-order valence-corrected chi connectivity index (χ2v) is 8.96. The Morgan fingerprint density at radius 2 is 1.92 bits per heavy atom. The third-order valence-electron chi connectivity index (χ3n) is 5.55. The zero-order valence-corrected chi connectivity index (χ0v) is 15.4. The lowest BCUT2D eigenvalue weighted by Crippen LogP contribution is -2.54. The number of nitrogens with one attached hydrogen (secondary N) is 1. The molecule has 1 aromatic rings. The van der Waals surface area contributed by atoms with Crippen molar-refractivity contribution in [2.24, 2.45) is 16.6 Å². The molecule has 3 N–H and O–H groups in total. The van der Waals surface area contributed by atoms with Crippen molar-refractivity contribution < 1.29 is 9.59 Å². The van der Waals surface area contributed by atoms with Gasteiger partial charge in [0, 0.05) is 36.8 Å².